The zero-order valence-corrected chi connectivity index (χ0v) is 27.0. The summed E-state index contributed by atoms with van der Waals surface area (Å²) in [5.74, 6) is 3.28. The number of piperazine rings is 1. The number of amides is 1. The number of anilines is 4. The summed E-state index contributed by atoms with van der Waals surface area (Å²) in [6.45, 7) is 7.61. The number of nitrogens with zero attached hydrogens (tertiary/aromatic N) is 11. The van der Waals surface area contributed by atoms with Gasteiger partial charge in [0.15, 0.2) is 11.6 Å². The predicted octanol–water partition coefficient (Wildman–Crippen LogP) is 0.113. The number of likely N-dealkylation sites (N-methyl/N-ethyl adjacent to an activating group) is 1. The average molecular weight is 628 g/mol. The highest BCUT2D eigenvalue weighted by Crippen LogP contribution is 2.34. The lowest BCUT2D eigenvalue weighted by Gasteiger charge is -2.35. The Balaban J connectivity index is 1.71. The van der Waals surface area contributed by atoms with Gasteiger partial charge in [0, 0.05) is 100 Å². The van der Waals surface area contributed by atoms with Crippen LogP contribution >= 0.6 is 0 Å². The molecule has 0 aromatic carbocycles. The van der Waals surface area contributed by atoms with Crippen LogP contribution < -0.4 is 19.6 Å². The van der Waals surface area contributed by atoms with Gasteiger partial charge in [0.05, 0.1) is 39.5 Å². The molecule has 0 spiro atoms. The predicted molar refractivity (Wildman–Crippen MR) is 170 cm³/mol. The fourth-order valence-corrected chi connectivity index (χ4v) is 5.41. The largest absolute Gasteiger partial charge is 0.383 e. The highest BCUT2D eigenvalue weighted by molar-refractivity contribution is 5.96. The monoisotopic (exact) mass is 627 g/mol. The van der Waals surface area contributed by atoms with Gasteiger partial charge < -0.3 is 48.0 Å². The van der Waals surface area contributed by atoms with Crippen LogP contribution in [0.4, 0.5) is 23.5 Å². The molecule has 0 radical (unpaired) electrons. The third-order valence-electron chi connectivity index (χ3n) is 8.11. The van der Waals surface area contributed by atoms with Crippen molar-refractivity contribution in [2.75, 3.05) is 134 Å². The van der Waals surface area contributed by atoms with E-state index >= 15 is 0 Å². The highest BCUT2D eigenvalue weighted by Gasteiger charge is 2.30. The van der Waals surface area contributed by atoms with E-state index in [1.807, 2.05) is 29.2 Å². The molecule has 246 valence electrons. The molecule has 5 rings (SSSR count). The summed E-state index contributed by atoms with van der Waals surface area (Å²) in [5, 5.41) is 0. The van der Waals surface area contributed by atoms with Gasteiger partial charge in [0.25, 0.3) is 0 Å². The second-order valence-electron chi connectivity index (χ2n) is 11.0. The fourth-order valence-electron chi connectivity index (χ4n) is 5.41. The lowest BCUT2D eigenvalue weighted by atomic mass is 10.2. The van der Waals surface area contributed by atoms with Crippen LogP contribution in [0.25, 0.3) is 11.0 Å². The Kier molecular flexibility index (Phi) is 11.2. The van der Waals surface area contributed by atoms with E-state index < -0.39 is 0 Å². The minimum atomic E-state index is 0.0179. The van der Waals surface area contributed by atoms with Crippen molar-refractivity contribution >= 4 is 40.5 Å². The van der Waals surface area contributed by atoms with E-state index in [1.54, 1.807) is 33.3 Å². The summed E-state index contributed by atoms with van der Waals surface area (Å²) < 4.78 is 23.8. The van der Waals surface area contributed by atoms with E-state index in [2.05, 4.69) is 19.4 Å². The first-order valence-electron chi connectivity index (χ1n) is 15.3. The number of imidazole rings is 1. The third-order valence-corrected chi connectivity index (χ3v) is 8.11. The van der Waals surface area contributed by atoms with Gasteiger partial charge in [-0.1, -0.05) is 0 Å². The number of hydrogen-bond donors (Lipinski definition) is 0. The van der Waals surface area contributed by atoms with Gasteiger partial charge in [-0.15, -0.1) is 0 Å². The lowest BCUT2D eigenvalue weighted by Crippen LogP contribution is -2.49. The summed E-state index contributed by atoms with van der Waals surface area (Å²) in [6.07, 6.45) is 3.82. The molecule has 2 aliphatic heterocycles. The number of hydrogen-bond acceptors (Lipinski definition) is 14. The molecule has 45 heavy (non-hydrogen) atoms. The van der Waals surface area contributed by atoms with Crippen LogP contribution in [0, 0.1) is 0 Å². The molecule has 16 nitrogen and oxygen atoms in total. The van der Waals surface area contributed by atoms with Crippen molar-refractivity contribution in [1.82, 2.24) is 34.4 Å². The second kappa shape index (κ2) is 15.4. The van der Waals surface area contributed by atoms with Crippen LogP contribution in [0.5, 0.6) is 0 Å². The molecule has 5 heterocycles. The van der Waals surface area contributed by atoms with Gasteiger partial charge in [0.1, 0.15) is 16.9 Å². The maximum atomic E-state index is 12.9. The Morgan fingerprint density at radius 1 is 0.689 bits per heavy atom. The minimum absolute atomic E-state index is 0.0179. The van der Waals surface area contributed by atoms with Gasteiger partial charge >= 0.3 is 0 Å². The highest BCUT2D eigenvalue weighted by atomic mass is 16.5. The number of aromatic nitrogens is 6. The number of carbonyl (C=O) groups excluding carboxylic acids is 1. The summed E-state index contributed by atoms with van der Waals surface area (Å²) in [6, 6.07) is 0. The first-order valence-corrected chi connectivity index (χ1v) is 15.3. The van der Waals surface area contributed by atoms with E-state index in [-0.39, 0.29) is 12.5 Å². The summed E-state index contributed by atoms with van der Waals surface area (Å²) >= 11 is 0. The summed E-state index contributed by atoms with van der Waals surface area (Å²) in [4.78, 5) is 48.1. The smallest absolute Gasteiger partial charge is 0.241 e. The molecule has 0 atom stereocenters. The van der Waals surface area contributed by atoms with Crippen LogP contribution in [0.2, 0.25) is 0 Å². The molecule has 1 saturated heterocycles. The van der Waals surface area contributed by atoms with Gasteiger partial charge in [0.2, 0.25) is 17.8 Å². The van der Waals surface area contributed by atoms with E-state index in [0.717, 1.165) is 12.4 Å². The Bertz CT molecular complexity index is 1410. The molecule has 16 heteroatoms. The minimum Gasteiger partial charge on any atom is -0.383 e. The van der Waals surface area contributed by atoms with Gasteiger partial charge in [-0.3, -0.25) is 4.79 Å². The van der Waals surface area contributed by atoms with E-state index in [4.69, 9.17) is 38.9 Å². The van der Waals surface area contributed by atoms with Crippen LogP contribution in [0.15, 0.2) is 12.4 Å². The van der Waals surface area contributed by atoms with E-state index in [0.29, 0.717) is 113 Å². The molecule has 0 saturated carbocycles. The van der Waals surface area contributed by atoms with Gasteiger partial charge in [-0.05, 0) is 0 Å². The Hall–Kier alpha value is -3.86. The zero-order chi connectivity index (χ0) is 31.8. The quantitative estimate of drug-likeness (QED) is 0.212. The van der Waals surface area contributed by atoms with Crippen LogP contribution in [-0.2, 0) is 36.8 Å². The molecule has 2 aliphatic rings. The summed E-state index contributed by atoms with van der Waals surface area (Å²) in [7, 11) is 8.51. The van der Waals surface area contributed by atoms with E-state index in [9.17, 15) is 4.79 Å². The third kappa shape index (κ3) is 7.52. The van der Waals surface area contributed by atoms with Crippen molar-refractivity contribution in [3.05, 3.63) is 18.2 Å². The number of ether oxygens (including phenoxy) is 4. The Morgan fingerprint density at radius 3 is 1.67 bits per heavy atom. The maximum absolute atomic E-state index is 12.9. The Morgan fingerprint density at radius 2 is 1.18 bits per heavy atom. The zero-order valence-electron chi connectivity index (χ0n) is 27.0. The molecular formula is C29H45N11O5. The molecule has 1 amide bonds. The van der Waals surface area contributed by atoms with Crippen LogP contribution in [0.1, 0.15) is 5.82 Å². The number of methoxy groups -OCH3 is 4. The first-order chi connectivity index (χ1) is 22.0. The van der Waals surface area contributed by atoms with Crippen molar-refractivity contribution in [3.63, 3.8) is 0 Å². The fraction of sp³-hybridized carbons (Fsp3) is 0.655. The van der Waals surface area contributed by atoms with Gasteiger partial charge in [-0.2, -0.15) is 9.97 Å². The summed E-state index contributed by atoms with van der Waals surface area (Å²) in [5.41, 5.74) is 1.20. The molecule has 0 aliphatic carbocycles. The molecule has 0 bridgehead atoms. The molecule has 0 unspecified atom stereocenters. The first kappa shape index (κ1) is 32.5. The lowest BCUT2D eigenvalue weighted by molar-refractivity contribution is -0.129. The maximum Gasteiger partial charge on any atom is 0.241 e. The second-order valence-corrected chi connectivity index (χ2v) is 11.0. The van der Waals surface area contributed by atoms with Crippen molar-refractivity contribution in [1.29, 1.82) is 0 Å². The normalized spacial score (nSPS) is 15.2. The number of rotatable bonds is 16. The van der Waals surface area contributed by atoms with Gasteiger partial charge in [-0.25, -0.2) is 15.0 Å². The SMILES string of the molecule is COCCN(CCOC)c1nc(N2CCn3ccnc3C2)c2nc(N(CCOC)CCOC)nc(N3CCN(C)C(=O)C3)c2n1. The molecule has 3 aromatic heterocycles. The Labute approximate surface area is 263 Å². The number of carbonyl (C=O) groups is 1. The van der Waals surface area contributed by atoms with Crippen LogP contribution in [0.3, 0.4) is 0 Å². The van der Waals surface area contributed by atoms with E-state index in [1.165, 1.54) is 0 Å². The number of fused-ring (bicyclic) bond motifs is 2. The average Bonchev–Trinajstić information content (AvgIpc) is 3.53. The van der Waals surface area contributed by atoms with Crippen molar-refractivity contribution in [2.24, 2.45) is 0 Å². The molecular weight excluding hydrogens is 582 g/mol. The topological polar surface area (TPSA) is 140 Å². The van der Waals surface area contributed by atoms with Crippen molar-refractivity contribution in [3.8, 4) is 0 Å². The molecule has 1 fully saturated rings. The van der Waals surface area contributed by atoms with Crippen LogP contribution in [-0.4, -0.2) is 155 Å². The molecule has 3 aromatic rings. The van der Waals surface area contributed by atoms with Crippen molar-refractivity contribution < 1.29 is 23.7 Å². The standard InChI is InChI=1S/C29H45N11O5/c1-35-8-9-40(21-23(35)41)27-25-24(31-29(34-27)38(14-18-44-4)15-19-45-5)26(39-11-10-36-7-6-30-22(36)20-39)33-28(32-25)37(12-16-42-2)13-17-43-3/h6-7H,8-21H2,1-5H3. The van der Waals surface area contributed by atoms with Crippen molar-refractivity contribution in [2.45, 2.75) is 13.1 Å². The molecule has 0 N–H and O–H groups in total.